The zero-order chi connectivity index (χ0) is 28.6. The number of anilines is 2. The highest BCUT2D eigenvalue weighted by Crippen LogP contribution is 2.32. The number of rotatable bonds is 9. The van der Waals surface area contributed by atoms with E-state index in [4.69, 9.17) is 9.47 Å². The van der Waals surface area contributed by atoms with E-state index in [9.17, 15) is 24.0 Å². The Bertz CT molecular complexity index is 1470. The molecule has 4 amide bonds. The lowest BCUT2D eigenvalue weighted by molar-refractivity contribution is -0.127. The molecule has 1 fully saturated rings. The maximum atomic E-state index is 12.8. The van der Waals surface area contributed by atoms with Crippen LogP contribution in [0.1, 0.15) is 21.5 Å². The third-order valence-corrected chi connectivity index (χ3v) is 6.57. The van der Waals surface area contributed by atoms with E-state index in [0.29, 0.717) is 22.7 Å². The number of methoxy groups -OCH3 is 1. The number of hydrogen-bond donors (Lipinski definition) is 2. The minimum atomic E-state index is -0.686. The molecule has 0 atom stereocenters. The molecule has 4 rings (SSSR count). The van der Waals surface area contributed by atoms with E-state index < -0.39 is 42.1 Å². The van der Waals surface area contributed by atoms with E-state index in [-0.39, 0.29) is 10.5 Å². The van der Waals surface area contributed by atoms with Gasteiger partial charge in [-0.05, 0) is 78.9 Å². The van der Waals surface area contributed by atoms with Crippen molar-refractivity contribution in [3.05, 3.63) is 94.4 Å². The summed E-state index contributed by atoms with van der Waals surface area (Å²) in [5, 5.41) is 4.72. The summed E-state index contributed by atoms with van der Waals surface area (Å²) in [6.07, 6.45) is 1.50. The first-order valence-electron chi connectivity index (χ1n) is 12.0. The summed E-state index contributed by atoms with van der Waals surface area (Å²) in [4.78, 5) is 63.0. The monoisotopic (exact) mass is 559 g/mol. The average Bonchev–Trinajstić information content (AvgIpc) is 3.21. The minimum Gasteiger partial charge on any atom is -0.497 e. The Labute approximate surface area is 234 Å². The lowest BCUT2D eigenvalue weighted by atomic mass is 10.1. The normalized spacial score (nSPS) is 13.8. The number of carbonyl (C=O) groups is 5. The minimum absolute atomic E-state index is 0.144. The van der Waals surface area contributed by atoms with Gasteiger partial charge in [-0.25, -0.2) is 4.79 Å². The highest BCUT2D eigenvalue weighted by atomic mass is 32.2. The fourth-order valence-electron chi connectivity index (χ4n) is 3.57. The largest absolute Gasteiger partial charge is 0.497 e. The van der Waals surface area contributed by atoms with Crippen LogP contribution in [0.4, 0.5) is 16.2 Å². The van der Waals surface area contributed by atoms with Crippen LogP contribution in [-0.4, -0.2) is 54.1 Å². The molecule has 0 saturated carbocycles. The van der Waals surface area contributed by atoms with E-state index in [0.717, 1.165) is 22.2 Å². The van der Waals surface area contributed by atoms with Crippen molar-refractivity contribution in [1.82, 2.24) is 4.90 Å². The quantitative estimate of drug-likeness (QED) is 0.290. The topological polar surface area (TPSA) is 131 Å². The zero-order valence-electron chi connectivity index (χ0n) is 21.6. The van der Waals surface area contributed by atoms with Crippen LogP contribution < -0.4 is 15.4 Å². The predicted molar refractivity (Wildman–Crippen MR) is 151 cm³/mol. The van der Waals surface area contributed by atoms with E-state index in [1.165, 1.54) is 25.3 Å². The number of thioether (sulfide) groups is 1. The Kier molecular flexibility index (Phi) is 8.97. The first kappa shape index (κ1) is 28.1. The molecule has 1 saturated heterocycles. The van der Waals surface area contributed by atoms with Gasteiger partial charge in [0, 0.05) is 11.4 Å². The second-order valence-corrected chi connectivity index (χ2v) is 9.65. The fourth-order valence-corrected chi connectivity index (χ4v) is 4.41. The van der Waals surface area contributed by atoms with Crippen LogP contribution in [0.25, 0.3) is 6.08 Å². The molecule has 1 aliphatic rings. The molecule has 3 aromatic rings. The van der Waals surface area contributed by atoms with Gasteiger partial charge in [0.2, 0.25) is 5.91 Å². The molecule has 3 aromatic carbocycles. The molecule has 204 valence electrons. The van der Waals surface area contributed by atoms with E-state index >= 15 is 0 Å². The van der Waals surface area contributed by atoms with Crippen molar-refractivity contribution in [3.63, 3.8) is 0 Å². The maximum Gasteiger partial charge on any atom is 0.338 e. The van der Waals surface area contributed by atoms with Gasteiger partial charge in [0.1, 0.15) is 12.3 Å². The molecule has 0 aliphatic carbocycles. The lowest BCUT2D eigenvalue weighted by Crippen LogP contribution is -2.36. The fraction of sp³-hybridized carbons (Fsp3) is 0.138. The van der Waals surface area contributed by atoms with Gasteiger partial charge in [0.05, 0.1) is 17.6 Å². The zero-order valence-corrected chi connectivity index (χ0v) is 22.4. The van der Waals surface area contributed by atoms with Crippen LogP contribution in [0.15, 0.2) is 77.7 Å². The van der Waals surface area contributed by atoms with Gasteiger partial charge < -0.3 is 20.1 Å². The summed E-state index contributed by atoms with van der Waals surface area (Å²) in [5.41, 5.74) is 2.92. The first-order chi connectivity index (χ1) is 19.2. The lowest BCUT2D eigenvalue weighted by Gasteiger charge is -2.12. The van der Waals surface area contributed by atoms with Gasteiger partial charge in [-0.3, -0.25) is 24.1 Å². The molecule has 0 unspecified atom stereocenters. The number of aryl methyl sites for hydroxylation is 1. The number of nitrogens with one attached hydrogen (secondary N) is 2. The number of imide groups is 1. The molecule has 2 N–H and O–H groups in total. The van der Waals surface area contributed by atoms with Gasteiger partial charge in [0.15, 0.2) is 6.61 Å². The third-order valence-electron chi connectivity index (χ3n) is 5.66. The summed E-state index contributed by atoms with van der Waals surface area (Å²) in [5.74, 6) is -1.65. The second kappa shape index (κ2) is 12.8. The third kappa shape index (κ3) is 7.35. The predicted octanol–water partition coefficient (Wildman–Crippen LogP) is 4.47. The van der Waals surface area contributed by atoms with Crippen LogP contribution in [-0.2, 0) is 19.1 Å². The number of hydrogen-bond acceptors (Lipinski definition) is 8. The smallest absolute Gasteiger partial charge is 0.338 e. The van der Waals surface area contributed by atoms with Crippen molar-refractivity contribution in [2.45, 2.75) is 6.92 Å². The standard InChI is InChI=1S/C29H25N3O7S/c1-18-3-9-21(10-4-18)31-26(34)17-39-28(36)20-7-5-19(6-8-20)15-24-27(35)32(29(37)40-24)16-25(33)30-22-11-13-23(38-2)14-12-22/h3-15H,16-17H2,1-2H3,(H,30,33)(H,31,34)/b24-15-. The molecule has 0 aromatic heterocycles. The van der Waals surface area contributed by atoms with Gasteiger partial charge >= 0.3 is 5.97 Å². The number of esters is 1. The van der Waals surface area contributed by atoms with Crippen molar-refractivity contribution in [2.24, 2.45) is 0 Å². The van der Waals surface area contributed by atoms with Crippen molar-refractivity contribution in [2.75, 3.05) is 30.9 Å². The first-order valence-corrected chi connectivity index (χ1v) is 12.9. The Balaban J connectivity index is 1.29. The van der Waals surface area contributed by atoms with Gasteiger partial charge in [0.25, 0.3) is 17.1 Å². The SMILES string of the molecule is COc1ccc(NC(=O)CN2C(=O)S/C(=C\c3ccc(C(=O)OCC(=O)Nc4ccc(C)cc4)cc3)C2=O)cc1. The highest BCUT2D eigenvalue weighted by molar-refractivity contribution is 8.18. The van der Waals surface area contributed by atoms with Gasteiger partial charge in [-0.2, -0.15) is 0 Å². The molecule has 0 bridgehead atoms. The molecule has 1 aliphatic heterocycles. The van der Waals surface area contributed by atoms with Gasteiger partial charge in [-0.1, -0.05) is 29.8 Å². The molecule has 10 nitrogen and oxygen atoms in total. The maximum absolute atomic E-state index is 12.8. The molecular weight excluding hydrogens is 534 g/mol. The van der Waals surface area contributed by atoms with E-state index in [1.807, 2.05) is 19.1 Å². The van der Waals surface area contributed by atoms with Crippen molar-refractivity contribution < 1.29 is 33.4 Å². The Morgan fingerprint density at radius 3 is 2.08 bits per heavy atom. The van der Waals surface area contributed by atoms with Crippen LogP contribution in [0, 0.1) is 6.92 Å². The number of nitrogens with zero attached hydrogens (tertiary/aromatic N) is 1. The van der Waals surface area contributed by atoms with Crippen molar-refractivity contribution in [3.8, 4) is 5.75 Å². The summed E-state index contributed by atoms with van der Waals surface area (Å²) < 4.78 is 10.1. The average molecular weight is 560 g/mol. The number of amides is 4. The molecule has 11 heteroatoms. The van der Waals surface area contributed by atoms with E-state index in [1.54, 1.807) is 48.5 Å². The van der Waals surface area contributed by atoms with Crippen LogP contribution >= 0.6 is 11.8 Å². The Morgan fingerprint density at radius 2 is 1.45 bits per heavy atom. The second-order valence-electron chi connectivity index (χ2n) is 8.66. The van der Waals surface area contributed by atoms with Crippen LogP contribution in [0.5, 0.6) is 5.75 Å². The van der Waals surface area contributed by atoms with Crippen LogP contribution in [0.2, 0.25) is 0 Å². The Morgan fingerprint density at radius 1 is 0.850 bits per heavy atom. The summed E-state index contributed by atoms with van der Waals surface area (Å²) in [7, 11) is 1.53. The summed E-state index contributed by atoms with van der Waals surface area (Å²) in [6, 6.07) is 20.0. The molecule has 0 spiro atoms. The number of carbonyl (C=O) groups excluding carboxylic acids is 5. The summed E-state index contributed by atoms with van der Waals surface area (Å²) >= 11 is 0.719. The number of ether oxygens (including phenoxy) is 2. The molecule has 1 heterocycles. The molecular formula is C29H25N3O7S. The summed E-state index contributed by atoms with van der Waals surface area (Å²) in [6.45, 7) is 1.05. The van der Waals surface area contributed by atoms with Crippen LogP contribution in [0.3, 0.4) is 0 Å². The molecule has 40 heavy (non-hydrogen) atoms. The highest BCUT2D eigenvalue weighted by Gasteiger charge is 2.36. The molecule has 0 radical (unpaired) electrons. The van der Waals surface area contributed by atoms with Gasteiger partial charge in [-0.15, -0.1) is 0 Å². The number of benzene rings is 3. The Hall–Kier alpha value is -4.90. The van der Waals surface area contributed by atoms with Crippen molar-refractivity contribution >= 4 is 58.1 Å². The van der Waals surface area contributed by atoms with E-state index in [2.05, 4.69) is 10.6 Å². The van der Waals surface area contributed by atoms with Crippen molar-refractivity contribution in [1.29, 1.82) is 0 Å².